The van der Waals surface area contributed by atoms with Gasteiger partial charge in [-0.25, -0.2) is 0 Å². The highest BCUT2D eigenvalue weighted by atomic mass is 15.2. The SMILES string of the molecule is CN=C(NCC12CCC(CC1)C2)NC1CC1. The van der Waals surface area contributed by atoms with E-state index in [0.717, 1.165) is 18.4 Å². The molecule has 0 heterocycles. The van der Waals surface area contributed by atoms with E-state index < -0.39 is 0 Å². The van der Waals surface area contributed by atoms with Crippen LogP contribution in [0.5, 0.6) is 0 Å². The molecule has 3 nitrogen and oxygen atoms in total. The number of aliphatic imine (C=N–C) groups is 1. The van der Waals surface area contributed by atoms with E-state index in [4.69, 9.17) is 0 Å². The first-order valence-corrected chi connectivity index (χ1v) is 6.77. The summed E-state index contributed by atoms with van der Waals surface area (Å²) >= 11 is 0. The summed E-state index contributed by atoms with van der Waals surface area (Å²) in [5, 5.41) is 7.00. The van der Waals surface area contributed by atoms with Crippen LogP contribution < -0.4 is 10.6 Å². The summed E-state index contributed by atoms with van der Waals surface area (Å²) in [5.41, 5.74) is 0.617. The number of hydrogen-bond acceptors (Lipinski definition) is 1. The van der Waals surface area contributed by atoms with Crippen molar-refractivity contribution in [2.75, 3.05) is 13.6 Å². The van der Waals surface area contributed by atoms with Crippen LogP contribution in [0.1, 0.15) is 44.9 Å². The molecule has 3 rings (SSSR count). The average molecular weight is 221 g/mol. The summed E-state index contributed by atoms with van der Waals surface area (Å²) in [6.07, 6.45) is 9.89. The molecule has 3 aliphatic rings. The van der Waals surface area contributed by atoms with Gasteiger partial charge in [0.15, 0.2) is 5.96 Å². The molecule has 2 bridgehead atoms. The second-order valence-corrected chi connectivity index (χ2v) is 5.99. The Balaban J connectivity index is 1.50. The monoisotopic (exact) mass is 221 g/mol. The number of rotatable bonds is 3. The minimum absolute atomic E-state index is 0.617. The van der Waals surface area contributed by atoms with Crippen LogP contribution in [-0.4, -0.2) is 25.6 Å². The molecular weight excluding hydrogens is 198 g/mol. The maximum atomic E-state index is 4.30. The van der Waals surface area contributed by atoms with Gasteiger partial charge in [-0.05, 0) is 56.3 Å². The van der Waals surface area contributed by atoms with Crippen molar-refractivity contribution in [1.29, 1.82) is 0 Å². The molecule has 0 atom stereocenters. The van der Waals surface area contributed by atoms with Crippen molar-refractivity contribution in [3.8, 4) is 0 Å². The van der Waals surface area contributed by atoms with Crippen LogP contribution in [0.25, 0.3) is 0 Å². The Morgan fingerprint density at radius 1 is 1.25 bits per heavy atom. The lowest BCUT2D eigenvalue weighted by atomic mass is 9.84. The van der Waals surface area contributed by atoms with Crippen molar-refractivity contribution in [3.05, 3.63) is 0 Å². The van der Waals surface area contributed by atoms with E-state index in [0.29, 0.717) is 11.5 Å². The Labute approximate surface area is 98.1 Å². The molecule has 90 valence electrons. The summed E-state index contributed by atoms with van der Waals surface area (Å²) in [4.78, 5) is 4.30. The van der Waals surface area contributed by atoms with Gasteiger partial charge in [-0.1, -0.05) is 0 Å². The zero-order valence-corrected chi connectivity index (χ0v) is 10.3. The largest absolute Gasteiger partial charge is 0.356 e. The molecule has 0 aromatic heterocycles. The van der Waals surface area contributed by atoms with Crippen LogP contribution in [0.3, 0.4) is 0 Å². The zero-order chi connectivity index (χ0) is 11.0. The molecule has 0 amide bonds. The molecule has 0 spiro atoms. The van der Waals surface area contributed by atoms with Crippen molar-refractivity contribution in [3.63, 3.8) is 0 Å². The lowest BCUT2D eigenvalue weighted by molar-refractivity contribution is 0.294. The zero-order valence-electron chi connectivity index (χ0n) is 10.3. The van der Waals surface area contributed by atoms with Gasteiger partial charge in [0, 0.05) is 19.6 Å². The molecular formula is C13H23N3. The van der Waals surface area contributed by atoms with Crippen molar-refractivity contribution >= 4 is 5.96 Å². The summed E-state index contributed by atoms with van der Waals surface area (Å²) in [6, 6.07) is 0.698. The van der Waals surface area contributed by atoms with E-state index in [1.165, 1.54) is 44.9 Å². The first-order valence-electron chi connectivity index (χ1n) is 6.77. The first-order chi connectivity index (χ1) is 7.80. The van der Waals surface area contributed by atoms with Crippen LogP contribution in [0, 0.1) is 11.3 Å². The van der Waals surface area contributed by atoms with Crippen molar-refractivity contribution in [1.82, 2.24) is 10.6 Å². The smallest absolute Gasteiger partial charge is 0.191 e. The summed E-state index contributed by atoms with van der Waals surface area (Å²) in [6.45, 7) is 1.13. The first kappa shape index (κ1) is 10.4. The van der Waals surface area contributed by atoms with Crippen LogP contribution in [0.15, 0.2) is 4.99 Å². The number of guanidine groups is 1. The number of nitrogens with zero attached hydrogens (tertiary/aromatic N) is 1. The Hall–Kier alpha value is -0.730. The second kappa shape index (κ2) is 3.94. The van der Waals surface area contributed by atoms with E-state index in [-0.39, 0.29) is 0 Å². The van der Waals surface area contributed by atoms with E-state index >= 15 is 0 Å². The quantitative estimate of drug-likeness (QED) is 0.564. The normalized spacial score (nSPS) is 37.8. The highest BCUT2D eigenvalue weighted by molar-refractivity contribution is 5.80. The maximum absolute atomic E-state index is 4.30. The van der Waals surface area contributed by atoms with Gasteiger partial charge in [0.2, 0.25) is 0 Å². The molecule has 2 N–H and O–H groups in total. The minimum Gasteiger partial charge on any atom is -0.356 e. The van der Waals surface area contributed by atoms with E-state index in [9.17, 15) is 0 Å². The molecule has 0 aromatic rings. The number of fused-ring (bicyclic) bond motifs is 2. The minimum atomic E-state index is 0.617. The topological polar surface area (TPSA) is 36.4 Å². The van der Waals surface area contributed by atoms with Crippen molar-refractivity contribution in [2.24, 2.45) is 16.3 Å². The predicted octanol–water partition coefficient (Wildman–Crippen LogP) is 1.89. The highest BCUT2D eigenvalue weighted by Gasteiger charge is 2.44. The van der Waals surface area contributed by atoms with E-state index in [1.54, 1.807) is 0 Å². The lowest BCUT2D eigenvalue weighted by Gasteiger charge is -2.27. The average Bonchev–Trinajstić information content (AvgIpc) is 2.91. The molecule has 3 fully saturated rings. The molecule has 3 aliphatic carbocycles. The molecule has 3 heteroatoms. The summed E-state index contributed by atoms with van der Waals surface area (Å²) < 4.78 is 0. The third-order valence-electron chi connectivity index (χ3n) is 4.66. The fourth-order valence-corrected chi connectivity index (χ4v) is 3.45. The predicted molar refractivity (Wildman–Crippen MR) is 66.5 cm³/mol. The Morgan fingerprint density at radius 2 is 2.00 bits per heavy atom. The second-order valence-electron chi connectivity index (χ2n) is 5.99. The van der Waals surface area contributed by atoms with Gasteiger partial charge in [-0.3, -0.25) is 4.99 Å². The third kappa shape index (κ3) is 2.04. The van der Waals surface area contributed by atoms with E-state index in [1.807, 2.05) is 7.05 Å². The van der Waals surface area contributed by atoms with Crippen LogP contribution in [-0.2, 0) is 0 Å². The summed E-state index contributed by atoms with van der Waals surface area (Å²) in [7, 11) is 1.88. The van der Waals surface area contributed by atoms with Crippen molar-refractivity contribution < 1.29 is 0 Å². The van der Waals surface area contributed by atoms with Gasteiger partial charge in [0.05, 0.1) is 0 Å². The summed E-state index contributed by atoms with van der Waals surface area (Å²) in [5.74, 6) is 2.06. The third-order valence-corrected chi connectivity index (χ3v) is 4.66. The maximum Gasteiger partial charge on any atom is 0.191 e. The van der Waals surface area contributed by atoms with Gasteiger partial charge in [0.25, 0.3) is 0 Å². The number of hydrogen-bond donors (Lipinski definition) is 2. The standard InChI is InChI=1S/C13H23N3/c1-14-12(16-11-2-3-11)15-9-13-6-4-10(8-13)5-7-13/h10-11H,2-9H2,1H3,(H2,14,15,16). The van der Waals surface area contributed by atoms with Crippen LogP contribution in [0.4, 0.5) is 0 Å². The van der Waals surface area contributed by atoms with Gasteiger partial charge < -0.3 is 10.6 Å². The lowest BCUT2D eigenvalue weighted by Crippen LogP contribution is -2.43. The van der Waals surface area contributed by atoms with E-state index in [2.05, 4.69) is 15.6 Å². The van der Waals surface area contributed by atoms with Crippen LogP contribution in [0.2, 0.25) is 0 Å². The van der Waals surface area contributed by atoms with Gasteiger partial charge in [-0.15, -0.1) is 0 Å². The Kier molecular flexibility index (Phi) is 2.56. The van der Waals surface area contributed by atoms with Gasteiger partial charge in [0.1, 0.15) is 0 Å². The highest BCUT2D eigenvalue weighted by Crippen LogP contribution is 2.53. The Morgan fingerprint density at radius 3 is 2.50 bits per heavy atom. The molecule has 0 radical (unpaired) electrons. The molecule has 0 unspecified atom stereocenters. The van der Waals surface area contributed by atoms with Crippen molar-refractivity contribution in [2.45, 2.75) is 51.0 Å². The fourth-order valence-electron chi connectivity index (χ4n) is 3.45. The molecule has 0 aliphatic heterocycles. The van der Waals surface area contributed by atoms with Gasteiger partial charge >= 0.3 is 0 Å². The molecule has 16 heavy (non-hydrogen) atoms. The Bertz CT molecular complexity index is 286. The van der Waals surface area contributed by atoms with Crippen LogP contribution >= 0.6 is 0 Å². The number of nitrogens with one attached hydrogen (secondary N) is 2. The van der Waals surface area contributed by atoms with Gasteiger partial charge in [-0.2, -0.15) is 0 Å². The fraction of sp³-hybridized carbons (Fsp3) is 0.923. The molecule has 0 saturated heterocycles. The molecule has 0 aromatic carbocycles. The molecule has 3 saturated carbocycles.